The first-order valence-corrected chi connectivity index (χ1v) is 9.60. The summed E-state index contributed by atoms with van der Waals surface area (Å²) in [5.41, 5.74) is 2.91. The van der Waals surface area contributed by atoms with Gasteiger partial charge in [-0.05, 0) is 43.5 Å². The van der Waals surface area contributed by atoms with Crippen LogP contribution in [0.15, 0.2) is 42.5 Å². The van der Waals surface area contributed by atoms with Crippen LogP contribution in [-0.2, 0) is 17.8 Å². The third-order valence-electron chi connectivity index (χ3n) is 4.48. The molecule has 0 bridgehead atoms. The minimum atomic E-state index is 0.0736. The van der Waals surface area contributed by atoms with Gasteiger partial charge in [0.15, 0.2) is 0 Å². The summed E-state index contributed by atoms with van der Waals surface area (Å²) in [5.74, 6) is 0.732. The Morgan fingerprint density at radius 2 is 1.85 bits per heavy atom. The molecule has 0 radical (unpaired) electrons. The third-order valence-corrected chi connectivity index (χ3v) is 5.22. The summed E-state index contributed by atoms with van der Waals surface area (Å²) in [6, 6.07) is 13.5. The SMILES string of the molecule is Cc1nc(CN(C)C(=O)CCCc2ccc(Cl)c(Cl)c2)nc2ccccc12. The third kappa shape index (κ3) is 4.96. The summed E-state index contributed by atoms with van der Waals surface area (Å²) in [4.78, 5) is 23.2. The zero-order valence-electron chi connectivity index (χ0n) is 15.4. The van der Waals surface area contributed by atoms with E-state index in [1.807, 2.05) is 43.3 Å². The maximum atomic E-state index is 12.4. The Morgan fingerprint density at radius 1 is 1.07 bits per heavy atom. The number of benzene rings is 2. The first kappa shape index (κ1) is 19.6. The van der Waals surface area contributed by atoms with Gasteiger partial charge in [0.25, 0.3) is 0 Å². The fourth-order valence-corrected chi connectivity index (χ4v) is 3.32. The van der Waals surface area contributed by atoms with Gasteiger partial charge in [0.2, 0.25) is 5.91 Å². The van der Waals surface area contributed by atoms with Crippen LogP contribution in [0.3, 0.4) is 0 Å². The molecule has 0 atom stereocenters. The van der Waals surface area contributed by atoms with Crippen LogP contribution >= 0.6 is 23.2 Å². The van der Waals surface area contributed by atoms with Crippen molar-refractivity contribution in [3.63, 3.8) is 0 Å². The maximum absolute atomic E-state index is 12.4. The quantitative estimate of drug-likeness (QED) is 0.568. The number of hydrogen-bond donors (Lipinski definition) is 0. The highest BCUT2D eigenvalue weighted by atomic mass is 35.5. The van der Waals surface area contributed by atoms with Gasteiger partial charge in [-0.2, -0.15) is 0 Å². The Balaban J connectivity index is 1.56. The zero-order valence-corrected chi connectivity index (χ0v) is 16.9. The van der Waals surface area contributed by atoms with Gasteiger partial charge < -0.3 is 4.90 Å². The van der Waals surface area contributed by atoms with Crippen LogP contribution < -0.4 is 0 Å². The molecule has 0 N–H and O–H groups in total. The summed E-state index contributed by atoms with van der Waals surface area (Å²) >= 11 is 12.0. The Bertz CT molecular complexity index is 975. The summed E-state index contributed by atoms with van der Waals surface area (Å²) in [6.07, 6.45) is 1.99. The summed E-state index contributed by atoms with van der Waals surface area (Å²) in [6.45, 7) is 2.36. The number of carbonyl (C=O) groups is 1. The number of aryl methyl sites for hydroxylation is 2. The molecule has 0 aliphatic carbocycles. The van der Waals surface area contributed by atoms with Crippen molar-refractivity contribution in [2.45, 2.75) is 32.7 Å². The minimum absolute atomic E-state index is 0.0736. The van der Waals surface area contributed by atoms with Crippen molar-refractivity contribution in [3.05, 3.63) is 69.6 Å². The molecule has 0 unspecified atom stereocenters. The van der Waals surface area contributed by atoms with E-state index in [0.29, 0.717) is 28.8 Å². The second-order valence-corrected chi connectivity index (χ2v) is 7.41. The van der Waals surface area contributed by atoms with Crippen molar-refractivity contribution in [2.75, 3.05) is 7.05 Å². The second-order valence-electron chi connectivity index (χ2n) is 6.59. The van der Waals surface area contributed by atoms with Crippen molar-refractivity contribution < 1.29 is 4.79 Å². The molecule has 140 valence electrons. The van der Waals surface area contributed by atoms with Crippen LogP contribution in [0.4, 0.5) is 0 Å². The Kier molecular flexibility index (Phi) is 6.30. The number of amides is 1. The van der Waals surface area contributed by atoms with E-state index in [0.717, 1.165) is 35.0 Å². The predicted octanol–water partition coefficient (Wildman–Crippen LogP) is 5.23. The average Bonchev–Trinajstić information content (AvgIpc) is 2.64. The number of fused-ring (bicyclic) bond motifs is 1. The lowest BCUT2D eigenvalue weighted by molar-refractivity contribution is -0.130. The lowest BCUT2D eigenvalue weighted by Crippen LogP contribution is -2.27. The second kappa shape index (κ2) is 8.68. The number of nitrogens with zero attached hydrogens (tertiary/aromatic N) is 3. The molecule has 0 saturated carbocycles. The fraction of sp³-hybridized carbons (Fsp3) is 0.286. The van der Waals surface area contributed by atoms with Gasteiger partial charge in [-0.1, -0.05) is 47.5 Å². The average molecular weight is 402 g/mol. The van der Waals surface area contributed by atoms with Crippen LogP contribution in [0.2, 0.25) is 10.0 Å². The van der Waals surface area contributed by atoms with Crippen molar-refractivity contribution in [2.24, 2.45) is 0 Å². The van der Waals surface area contributed by atoms with Gasteiger partial charge in [0.1, 0.15) is 5.82 Å². The summed E-state index contributed by atoms with van der Waals surface area (Å²) < 4.78 is 0. The summed E-state index contributed by atoms with van der Waals surface area (Å²) in [7, 11) is 1.79. The van der Waals surface area contributed by atoms with Crippen molar-refractivity contribution in [3.8, 4) is 0 Å². The Hall–Kier alpha value is -2.17. The van der Waals surface area contributed by atoms with Crippen LogP contribution in [0.1, 0.15) is 29.9 Å². The standard InChI is InChI=1S/C21H21Cl2N3O/c1-14-16-7-3-4-8-19(16)25-20(24-14)13-26(2)21(27)9-5-6-15-10-11-17(22)18(23)12-15/h3-4,7-8,10-12H,5-6,9,13H2,1-2H3. The number of halogens is 2. The van der Waals surface area contributed by atoms with E-state index in [-0.39, 0.29) is 5.91 Å². The highest BCUT2D eigenvalue weighted by Gasteiger charge is 2.12. The largest absolute Gasteiger partial charge is 0.338 e. The van der Waals surface area contributed by atoms with Gasteiger partial charge >= 0.3 is 0 Å². The Morgan fingerprint density at radius 3 is 2.63 bits per heavy atom. The molecular formula is C21H21Cl2N3O. The van der Waals surface area contributed by atoms with E-state index < -0.39 is 0 Å². The topological polar surface area (TPSA) is 46.1 Å². The highest BCUT2D eigenvalue weighted by molar-refractivity contribution is 6.42. The molecule has 1 aromatic heterocycles. The van der Waals surface area contributed by atoms with E-state index in [4.69, 9.17) is 23.2 Å². The number of carbonyl (C=O) groups excluding carboxylic acids is 1. The molecule has 1 heterocycles. The summed E-state index contributed by atoms with van der Waals surface area (Å²) in [5, 5.41) is 2.13. The lowest BCUT2D eigenvalue weighted by Gasteiger charge is -2.17. The van der Waals surface area contributed by atoms with E-state index in [2.05, 4.69) is 9.97 Å². The monoisotopic (exact) mass is 401 g/mol. The first-order valence-electron chi connectivity index (χ1n) is 8.84. The molecule has 0 aliphatic heterocycles. The number of aromatic nitrogens is 2. The highest BCUT2D eigenvalue weighted by Crippen LogP contribution is 2.23. The van der Waals surface area contributed by atoms with Gasteiger partial charge in [-0.25, -0.2) is 9.97 Å². The lowest BCUT2D eigenvalue weighted by atomic mass is 10.1. The van der Waals surface area contributed by atoms with Crippen LogP contribution in [0.25, 0.3) is 10.9 Å². The van der Waals surface area contributed by atoms with E-state index >= 15 is 0 Å². The van der Waals surface area contributed by atoms with Crippen LogP contribution in [-0.4, -0.2) is 27.8 Å². The Labute approximate surface area is 169 Å². The molecule has 4 nitrogen and oxygen atoms in total. The number of rotatable bonds is 6. The molecule has 1 amide bonds. The van der Waals surface area contributed by atoms with E-state index in [1.54, 1.807) is 18.0 Å². The minimum Gasteiger partial charge on any atom is -0.338 e. The molecule has 3 rings (SSSR count). The van der Waals surface area contributed by atoms with Crippen LogP contribution in [0, 0.1) is 6.92 Å². The van der Waals surface area contributed by atoms with Gasteiger partial charge in [0, 0.05) is 24.5 Å². The molecule has 6 heteroatoms. The van der Waals surface area contributed by atoms with E-state index in [9.17, 15) is 4.79 Å². The molecule has 27 heavy (non-hydrogen) atoms. The smallest absolute Gasteiger partial charge is 0.222 e. The molecular weight excluding hydrogens is 381 g/mol. The first-order chi connectivity index (χ1) is 12.9. The normalized spacial score (nSPS) is 11.0. The molecule has 0 saturated heterocycles. The van der Waals surface area contributed by atoms with Gasteiger partial charge in [-0.15, -0.1) is 0 Å². The molecule has 2 aromatic carbocycles. The zero-order chi connectivity index (χ0) is 19.4. The maximum Gasteiger partial charge on any atom is 0.222 e. The van der Waals surface area contributed by atoms with Crippen molar-refractivity contribution >= 4 is 40.0 Å². The van der Waals surface area contributed by atoms with E-state index in [1.165, 1.54) is 0 Å². The molecule has 3 aromatic rings. The molecule has 0 spiro atoms. The van der Waals surface area contributed by atoms with Gasteiger partial charge in [-0.3, -0.25) is 4.79 Å². The predicted molar refractivity (Wildman–Crippen MR) is 110 cm³/mol. The van der Waals surface area contributed by atoms with Crippen LogP contribution in [0.5, 0.6) is 0 Å². The van der Waals surface area contributed by atoms with Crippen molar-refractivity contribution in [1.29, 1.82) is 0 Å². The van der Waals surface area contributed by atoms with Crippen molar-refractivity contribution in [1.82, 2.24) is 14.9 Å². The number of hydrogen-bond acceptors (Lipinski definition) is 3. The van der Waals surface area contributed by atoms with Gasteiger partial charge in [0.05, 0.1) is 22.1 Å². The molecule has 0 fully saturated rings. The molecule has 0 aliphatic rings. The number of para-hydroxylation sites is 1. The fourth-order valence-electron chi connectivity index (χ4n) is 3.00.